The Kier molecular flexibility index (Phi) is 3.96. The Hall–Kier alpha value is -2.02. The molecule has 2 aliphatic rings. The minimum atomic E-state index is -0.617. The number of halogens is 2. The summed E-state index contributed by atoms with van der Waals surface area (Å²) >= 11 is 1.50. The van der Waals surface area contributed by atoms with Gasteiger partial charge in [-0.3, -0.25) is 4.79 Å². The van der Waals surface area contributed by atoms with Crippen molar-refractivity contribution in [2.45, 2.75) is 31.6 Å². The summed E-state index contributed by atoms with van der Waals surface area (Å²) < 4.78 is 27.4. The number of amides is 1. The third-order valence-electron chi connectivity index (χ3n) is 4.57. The lowest BCUT2D eigenvalue weighted by Gasteiger charge is -2.25. The first-order valence-corrected chi connectivity index (χ1v) is 8.94. The maximum atomic E-state index is 14.2. The molecule has 1 aromatic heterocycles. The maximum absolute atomic E-state index is 14.2. The number of fused-ring (bicyclic) bond motifs is 1. The Bertz CT molecular complexity index is 786. The predicted octanol–water partition coefficient (Wildman–Crippen LogP) is 3.89. The first-order valence-electron chi connectivity index (χ1n) is 8.12. The number of carbonyl (C=O) groups is 1. The largest absolute Gasteiger partial charge is 0.348 e. The molecule has 1 amide bonds. The van der Waals surface area contributed by atoms with Gasteiger partial charge in [0.25, 0.3) is 0 Å². The summed E-state index contributed by atoms with van der Waals surface area (Å²) in [5, 5.41) is 3.66. The van der Waals surface area contributed by atoms with E-state index >= 15 is 0 Å². The Balaban J connectivity index is 1.73. The van der Waals surface area contributed by atoms with Crippen molar-refractivity contribution in [2.24, 2.45) is 0 Å². The van der Waals surface area contributed by atoms with Gasteiger partial charge in [-0.25, -0.2) is 13.8 Å². The summed E-state index contributed by atoms with van der Waals surface area (Å²) in [7, 11) is 0. The van der Waals surface area contributed by atoms with Crippen molar-refractivity contribution < 1.29 is 13.6 Å². The van der Waals surface area contributed by atoms with Crippen molar-refractivity contribution in [1.29, 1.82) is 0 Å². The van der Waals surface area contributed by atoms with E-state index < -0.39 is 17.6 Å². The predicted molar refractivity (Wildman–Crippen MR) is 89.6 cm³/mol. The van der Waals surface area contributed by atoms with E-state index in [1.54, 1.807) is 0 Å². The monoisotopic (exact) mass is 349 g/mol. The standard InChI is InChI=1S/C17H17F2N3OS/c18-10-4-5-11(13(19)8-10)12-9-14(23)20-16-15(12)24-17(21-16)22-6-2-1-3-7-22/h4-5,8,12H,1-3,6-7,9H2,(H,20,23)/t12-/m0/s1. The van der Waals surface area contributed by atoms with Gasteiger partial charge in [-0.15, -0.1) is 0 Å². The van der Waals surface area contributed by atoms with Gasteiger partial charge < -0.3 is 10.2 Å². The molecule has 0 unspecified atom stereocenters. The Morgan fingerprint density at radius 2 is 2.00 bits per heavy atom. The molecule has 0 aliphatic carbocycles. The summed E-state index contributed by atoms with van der Waals surface area (Å²) in [4.78, 5) is 19.6. The van der Waals surface area contributed by atoms with Gasteiger partial charge in [-0.05, 0) is 30.9 Å². The average Bonchev–Trinajstić information content (AvgIpc) is 2.99. The molecule has 1 aromatic carbocycles. The summed E-state index contributed by atoms with van der Waals surface area (Å²) in [5.74, 6) is -1.31. The number of thiazole rings is 1. The third-order valence-corrected chi connectivity index (χ3v) is 5.80. The number of aromatic nitrogens is 1. The highest BCUT2D eigenvalue weighted by atomic mass is 32.1. The Morgan fingerprint density at radius 1 is 1.21 bits per heavy atom. The minimum absolute atomic E-state index is 0.150. The molecular weight excluding hydrogens is 332 g/mol. The van der Waals surface area contributed by atoms with Crippen molar-refractivity contribution >= 4 is 28.2 Å². The molecule has 0 bridgehead atoms. The van der Waals surface area contributed by atoms with E-state index in [-0.39, 0.29) is 12.3 Å². The number of hydrogen-bond acceptors (Lipinski definition) is 4. The van der Waals surface area contributed by atoms with Gasteiger partial charge in [0.05, 0.1) is 4.88 Å². The van der Waals surface area contributed by atoms with Crippen LogP contribution in [0.15, 0.2) is 18.2 Å². The van der Waals surface area contributed by atoms with Gasteiger partial charge in [0.1, 0.15) is 17.5 Å². The van der Waals surface area contributed by atoms with E-state index in [0.29, 0.717) is 11.4 Å². The Labute approximate surface area is 142 Å². The van der Waals surface area contributed by atoms with Gasteiger partial charge >= 0.3 is 0 Å². The molecule has 126 valence electrons. The third kappa shape index (κ3) is 2.77. The number of nitrogens with zero attached hydrogens (tertiary/aromatic N) is 2. The summed E-state index contributed by atoms with van der Waals surface area (Å²) in [6, 6.07) is 3.53. The van der Waals surface area contributed by atoms with Crippen molar-refractivity contribution in [3.63, 3.8) is 0 Å². The van der Waals surface area contributed by atoms with E-state index in [1.807, 2.05) is 0 Å². The fourth-order valence-corrected chi connectivity index (χ4v) is 4.55. The highest BCUT2D eigenvalue weighted by Gasteiger charge is 2.33. The summed E-state index contributed by atoms with van der Waals surface area (Å²) in [5.41, 5.74) is 0.348. The van der Waals surface area contributed by atoms with Crippen molar-refractivity contribution in [3.8, 4) is 0 Å². The molecule has 3 heterocycles. The topological polar surface area (TPSA) is 45.2 Å². The molecule has 0 spiro atoms. The van der Waals surface area contributed by atoms with Crippen LogP contribution in [0, 0.1) is 11.6 Å². The van der Waals surface area contributed by atoms with Gasteiger partial charge in [0.15, 0.2) is 5.13 Å². The molecule has 1 atom stereocenters. The van der Waals surface area contributed by atoms with E-state index in [4.69, 9.17) is 0 Å². The smallest absolute Gasteiger partial charge is 0.226 e. The highest BCUT2D eigenvalue weighted by Crippen LogP contribution is 2.44. The zero-order valence-corrected chi connectivity index (χ0v) is 13.8. The van der Waals surface area contributed by atoms with Crippen molar-refractivity contribution in [1.82, 2.24) is 4.98 Å². The second-order valence-corrected chi connectivity index (χ2v) is 7.24. The maximum Gasteiger partial charge on any atom is 0.226 e. The second-order valence-electron chi connectivity index (χ2n) is 6.23. The van der Waals surface area contributed by atoms with Crippen LogP contribution < -0.4 is 10.2 Å². The van der Waals surface area contributed by atoms with E-state index in [9.17, 15) is 13.6 Å². The van der Waals surface area contributed by atoms with Crippen LogP contribution in [0.1, 0.15) is 42.0 Å². The van der Waals surface area contributed by atoms with Crippen LogP contribution in [0.4, 0.5) is 19.7 Å². The molecule has 7 heteroatoms. The van der Waals surface area contributed by atoms with Crippen LogP contribution >= 0.6 is 11.3 Å². The number of hydrogen-bond donors (Lipinski definition) is 1. The fraction of sp³-hybridized carbons (Fsp3) is 0.412. The van der Waals surface area contributed by atoms with Crippen LogP contribution in [0.25, 0.3) is 0 Å². The lowest BCUT2D eigenvalue weighted by Crippen LogP contribution is -2.29. The first-order chi connectivity index (χ1) is 11.6. The summed E-state index contributed by atoms with van der Waals surface area (Å²) in [6.07, 6.45) is 3.64. The molecule has 4 rings (SSSR count). The molecule has 2 aromatic rings. The minimum Gasteiger partial charge on any atom is -0.348 e. The second kappa shape index (κ2) is 6.12. The molecule has 1 N–H and O–H groups in total. The van der Waals surface area contributed by atoms with Crippen molar-refractivity contribution in [3.05, 3.63) is 40.3 Å². The molecule has 1 saturated heterocycles. The number of nitrogens with one attached hydrogen (secondary N) is 1. The zero-order chi connectivity index (χ0) is 16.7. The average molecular weight is 349 g/mol. The zero-order valence-electron chi connectivity index (χ0n) is 13.0. The van der Waals surface area contributed by atoms with Crippen LogP contribution in [0.3, 0.4) is 0 Å². The number of anilines is 2. The molecule has 1 fully saturated rings. The van der Waals surface area contributed by atoms with Gasteiger partial charge in [-0.2, -0.15) is 0 Å². The van der Waals surface area contributed by atoms with Gasteiger partial charge in [0, 0.05) is 31.5 Å². The molecule has 4 nitrogen and oxygen atoms in total. The number of rotatable bonds is 2. The van der Waals surface area contributed by atoms with Gasteiger partial charge in [-0.1, -0.05) is 17.4 Å². The van der Waals surface area contributed by atoms with Crippen LogP contribution in [0.5, 0.6) is 0 Å². The lowest BCUT2D eigenvalue weighted by atomic mass is 9.91. The number of benzene rings is 1. The van der Waals surface area contributed by atoms with Crippen LogP contribution in [0.2, 0.25) is 0 Å². The van der Waals surface area contributed by atoms with E-state index in [0.717, 1.165) is 42.0 Å². The Morgan fingerprint density at radius 3 is 2.75 bits per heavy atom. The van der Waals surface area contributed by atoms with E-state index in [1.165, 1.54) is 29.9 Å². The fourth-order valence-electron chi connectivity index (χ4n) is 3.36. The molecule has 2 aliphatic heterocycles. The highest BCUT2D eigenvalue weighted by molar-refractivity contribution is 7.16. The number of piperidine rings is 1. The quantitative estimate of drug-likeness (QED) is 0.895. The lowest BCUT2D eigenvalue weighted by molar-refractivity contribution is -0.116. The van der Waals surface area contributed by atoms with Crippen LogP contribution in [-0.2, 0) is 4.79 Å². The molecule has 24 heavy (non-hydrogen) atoms. The summed E-state index contributed by atoms with van der Waals surface area (Å²) in [6.45, 7) is 1.91. The van der Waals surface area contributed by atoms with Crippen LogP contribution in [-0.4, -0.2) is 24.0 Å². The molecular formula is C17H17F2N3OS. The van der Waals surface area contributed by atoms with Gasteiger partial charge in [0.2, 0.25) is 5.91 Å². The van der Waals surface area contributed by atoms with E-state index in [2.05, 4.69) is 15.2 Å². The SMILES string of the molecule is O=C1C[C@@H](c2ccc(F)cc2F)c2sc(N3CCCCC3)nc2N1. The normalized spacial score (nSPS) is 20.7. The first kappa shape index (κ1) is 15.5. The molecule has 0 radical (unpaired) electrons. The number of carbonyl (C=O) groups excluding carboxylic acids is 1. The molecule has 0 saturated carbocycles. The van der Waals surface area contributed by atoms with Crippen molar-refractivity contribution in [2.75, 3.05) is 23.3 Å².